The van der Waals surface area contributed by atoms with Gasteiger partial charge < -0.3 is 9.30 Å². The summed E-state index contributed by atoms with van der Waals surface area (Å²) in [6.07, 6.45) is 3.47. The molecule has 0 fully saturated rings. The molecule has 1 atom stereocenters. The van der Waals surface area contributed by atoms with Crippen LogP contribution in [0.25, 0.3) is 0 Å². The van der Waals surface area contributed by atoms with Crippen molar-refractivity contribution in [3.05, 3.63) is 77.9 Å². The first kappa shape index (κ1) is 20.1. The Labute approximate surface area is 166 Å². The van der Waals surface area contributed by atoms with Crippen LogP contribution < -0.4 is 9.46 Å². The summed E-state index contributed by atoms with van der Waals surface area (Å²) < 4.78 is 36.6. The van der Waals surface area contributed by atoms with Crippen molar-refractivity contribution in [1.29, 1.82) is 0 Å². The monoisotopic (exact) mass is 399 g/mol. The number of rotatable bonds is 7. The molecule has 0 radical (unpaired) electrons. The Hall–Kier alpha value is -2.64. The molecule has 6 nitrogen and oxygen atoms in total. The van der Waals surface area contributed by atoms with Gasteiger partial charge in [0.05, 0.1) is 11.0 Å². The summed E-state index contributed by atoms with van der Waals surface area (Å²) in [5.41, 5.74) is 1.58. The SMILES string of the molecule is Cc1cc(S(=O)(=O)NC(c2ccccc2)c2nccn2C)ccc1OC(C)C. The van der Waals surface area contributed by atoms with Gasteiger partial charge >= 0.3 is 0 Å². The fraction of sp³-hybridized carbons (Fsp3) is 0.286. The van der Waals surface area contributed by atoms with E-state index in [2.05, 4.69) is 9.71 Å². The molecule has 0 bridgehead atoms. The highest BCUT2D eigenvalue weighted by atomic mass is 32.2. The van der Waals surface area contributed by atoms with Crippen LogP contribution in [0.4, 0.5) is 0 Å². The molecule has 2 aromatic carbocycles. The van der Waals surface area contributed by atoms with Crippen molar-refractivity contribution in [1.82, 2.24) is 14.3 Å². The van der Waals surface area contributed by atoms with Crippen molar-refractivity contribution in [2.45, 2.75) is 37.8 Å². The van der Waals surface area contributed by atoms with Gasteiger partial charge in [-0.15, -0.1) is 0 Å². The molecule has 0 aliphatic heterocycles. The van der Waals surface area contributed by atoms with Crippen molar-refractivity contribution in [3.8, 4) is 5.75 Å². The molecule has 0 saturated heterocycles. The quantitative estimate of drug-likeness (QED) is 0.659. The Morgan fingerprint density at radius 3 is 2.39 bits per heavy atom. The van der Waals surface area contributed by atoms with Gasteiger partial charge in [0.1, 0.15) is 17.6 Å². The molecule has 0 aliphatic rings. The van der Waals surface area contributed by atoms with E-state index in [1.807, 2.05) is 62.7 Å². The fourth-order valence-electron chi connectivity index (χ4n) is 2.97. The average molecular weight is 400 g/mol. The molecule has 3 rings (SSSR count). The highest BCUT2D eigenvalue weighted by molar-refractivity contribution is 7.89. The summed E-state index contributed by atoms with van der Waals surface area (Å²) >= 11 is 0. The molecule has 7 heteroatoms. The second-order valence-electron chi connectivity index (χ2n) is 6.96. The van der Waals surface area contributed by atoms with Crippen LogP contribution in [-0.2, 0) is 17.1 Å². The van der Waals surface area contributed by atoms with Crippen LogP contribution in [0.1, 0.15) is 36.8 Å². The lowest BCUT2D eigenvalue weighted by atomic mass is 10.1. The largest absolute Gasteiger partial charge is 0.491 e. The van der Waals surface area contributed by atoms with Gasteiger partial charge in [0, 0.05) is 19.4 Å². The minimum atomic E-state index is -3.78. The van der Waals surface area contributed by atoms with E-state index < -0.39 is 16.1 Å². The molecule has 0 spiro atoms. The molecule has 0 amide bonds. The number of nitrogens with one attached hydrogen (secondary N) is 1. The predicted octanol–water partition coefficient (Wildman–Crippen LogP) is 3.58. The normalized spacial score (nSPS) is 12.9. The van der Waals surface area contributed by atoms with Gasteiger partial charge in [-0.25, -0.2) is 13.4 Å². The van der Waals surface area contributed by atoms with Crippen LogP contribution in [0.3, 0.4) is 0 Å². The maximum atomic E-state index is 13.1. The Morgan fingerprint density at radius 2 is 1.82 bits per heavy atom. The Balaban J connectivity index is 1.96. The van der Waals surface area contributed by atoms with Crippen LogP contribution in [0.5, 0.6) is 5.75 Å². The highest BCUT2D eigenvalue weighted by Gasteiger charge is 2.26. The molecule has 1 aromatic heterocycles. The van der Waals surface area contributed by atoms with E-state index in [0.717, 1.165) is 11.1 Å². The van der Waals surface area contributed by atoms with Crippen molar-refractivity contribution in [2.75, 3.05) is 0 Å². The van der Waals surface area contributed by atoms with Gasteiger partial charge in [0.25, 0.3) is 0 Å². The number of hydrogen-bond donors (Lipinski definition) is 1. The molecule has 1 N–H and O–H groups in total. The molecular formula is C21H25N3O3S. The van der Waals surface area contributed by atoms with Gasteiger partial charge in [0.2, 0.25) is 10.0 Å². The Kier molecular flexibility index (Phi) is 5.86. The lowest BCUT2D eigenvalue weighted by Gasteiger charge is -2.20. The fourth-order valence-corrected chi connectivity index (χ4v) is 4.24. The molecule has 148 valence electrons. The van der Waals surface area contributed by atoms with Gasteiger partial charge in [-0.1, -0.05) is 30.3 Å². The lowest BCUT2D eigenvalue weighted by Crippen LogP contribution is -2.31. The Bertz CT molecular complexity index is 1040. The molecular weight excluding hydrogens is 374 g/mol. The topological polar surface area (TPSA) is 73.2 Å². The number of ether oxygens (including phenoxy) is 1. The number of aryl methyl sites for hydroxylation is 2. The molecule has 3 aromatic rings. The first-order valence-electron chi connectivity index (χ1n) is 9.10. The van der Waals surface area contributed by atoms with Crippen LogP contribution >= 0.6 is 0 Å². The highest BCUT2D eigenvalue weighted by Crippen LogP contribution is 2.26. The summed E-state index contributed by atoms with van der Waals surface area (Å²) in [6, 6.07) is 13.7. The van der Waals surface area contributed by atoms with Crippen LogP contribution in [0, 0.1) is 6.92 Å². The summed E-state index contributed by atoms with van der Waals surface area (Å²) in [5.74, 6) is 1.30. The van der Waals surface area contributed by atoms with Crippen molar-refractivity contribution < 1.29 is 13.2 Å². The summed E-state index contributed by atoms with van der Waals surface area (Å²) in [6.45, 7) is 5.70. The van der Waals surface area contributed by atoms with Gasteiger partial charge in [-0.3, -0.25) is 0 Å². The molecule has 0 saturated carbocycles. The molecule has 1 unspecified atom stereocenters. The first-order valence-corrected chi connectivity index (χ1v) is 10.6. The number of nitrogens with zero attached hydrogens (tertiary/aromatic N) is 2. The van der Waals surface area contributed by atoms with Gasteiger partial charge in [-0.2, -0.15) is 4.72 Å². The van der Waals surface area contributed by atoms with Crippen molar-refractivity contribution in [2.24, 2.45) is 7.05 Å². The summed E-state index contributed by atoms with van der Waals surface area (Å²) in [4.78, 5) is 4.54. The molecule has 0 aliphatic carbocycles. The maximum Gasteiger partial charge on any atom is 0.241 e. The maximum absolute atomic E-state index is 13.1. The average Bonchev–Trinajstić information content (AvgIpc) is 3.07. The van der Waals surface area contributed by atoms with E-state index in [4.69, 9.17) is 4.74 Å². The van der Waals surface area contributed by atoms with E-state index in [1.165, 1.54) is 0 Å². The first-order chi connectivity index (χ1) is 13.3. The number of aromatic nitrogens is 2. The summed E-state index contributed by atoms with van der Waals surface area (Å²) in [5, 5.41) is 0. The van der Waals surface area contributed by atoms with E-state index in [1.54, 1.807) is 30.6 Å². The molecule has 28 heavy (non-hydrogen) atoms. The zero-order chi connectivity index (χ0) is 20.3. The number of sulfonamides is 1. The predicted molar refractivity (Wildman–Crippen MR) is 109 cm³/mol. The number of imidazole rings is 1. The van der Waals surface area contributed by atoms with Crippen molar-refractivity contribution in [3.63, 3.8) is 0 Å². The third-order valence-corrected chi connectivity index (χ3v) is 5.76. The summed E-state index contributed by atoms with van der Waals surface area (Å²) in [7, 11) is -1.94. The second kappa shape index (κ2) is 8.16. The van der Waals surface area contributed by atoms with Crippen LogP contribution in [0.2, 0.25) is 0 Å². The van der Waals surface area contributed by atoms with E-state index >= 15 is 0 Å². The minimum Gasteiger partial charge on any atom is -0.491 e. The smallest absolute Gasteiger partial charge is 0.241 e. The standard InChI is InChI=1S/C21H25N3O3S/c1-15(2)27-19-11-10-18(14-16(19)3)28(25,26)23-20(17-8-6-5-7-9-17)21-22-12-13-24(21)4/h5-15,20,23H,1-4H3. The van der Waals surface area contributed by atoms with Gasteiger partial charge in [-0.05, 0) is 50.1 Å². The van der Waals surface area contributed by atoms with E-state index in [-0.39, 0.29) is 11.0 Å². The zero-order valence-electron chi connectivity index (χ0n) is 16.5. The molecule has 1 heterocycles. The third-order valence-electron chi connectivity index (χ3n) is 4.34. The zero-order valence-corrected chi connectivity index (χ0v) is 17.3. The van der Waals surface area contributed by atoms with Crippen LogP contribution in [0.15, 0.2) is 65.8 Å². The van der Waals surface area contributed by atoms with E-state index in [0.29, 0.717) is 11.6 Å². The second-order valence-corrected chi connectivity index (χ2v) is 8.67. The van der Waals surface area contributed by atoms with Gasteiger partial charge in [0.15, 0.2) is 0 Å². The lowest BCUT2D eigenvalue weighted by molar-refractivity contribution is 0.240. The number of hydrogen-bond acceptors (Lipinski definition) is 4. The third kappa shape index (κ3) is 4.43. The number of benzene rings is 2. The minimum absolute atomic E-state index is 0.0187. The Morgan fingerprint density at radius 1 is 1.11 bits per heavy atom. The van der Waals surface area contributed by atoms with Crippen LogP contribution in [-0.4, -0.2) is 24.1 Å². The van der Waals surface area contributed by atoms with E-state index in [9.17, 15) is 8.42 Å². The van der Waals surface area contributed by atoms with Crippen molar-refractivity contribution >= 4 is 10.0 Å².